The molecule has 0 radical (unpaired) electrons. The number of hydrogen-bond acceptors (Lipinski definition) is 6. The Hall–Kier alpha value is -2.23. The number of aliphatic hydroxyl groups excluding tert-OH is 1. The first-order valence-electron chi connectivity index (χ1n) is 8.31. The Kier molecular flexibility index (Phi) is 5.12. The van der Waals surface area contributed by atoms with Crippen LogP contribution in [0.2, 0.25) is 0 Å². The maximum absolute atomic E-state index is 12.7. The zero-order valence-electron chi connectivity index (χ0n) is 14.6. The quantitative estimate of drug-likeness (QED) is 0.836. The van der Waals surface area contributed by atoms with Gasteiger partial charge in [0.1, 0.15) is 11.4 Å². The first-order valence-corrected chi connectivity index (χ1v) is 9.75. The van der Waals surface area contributed by atoms with Crippen LogP contribution >= 0.6 is 0 Å². The predicted octanol–water partition coefficient (Wildman–Crippen LogP) is 1.69. The molecule has 1 aromatic carbocycles. The number of β-amino-alcohol motifs (C(OH)–C–C–N with tert-alkyl or cyclic N) is 1. The zero-order chi connectivity index (χ0) is 18.9. The lowest BCUT2D eigenvalue weighted by atomic mass is 10.1. The van der Waals surface area contributed by atoms with Crippen LogP contribution in [0.4, 0.5) is 5.69 Å². The maximum atomic E-state index is 12.7. The molecule has 0 saturated carbocycles. The van der Waals surface area contributed by atoms with Crippen molar-refractivity contribution < 1.29 is 22.8 Å². The molecule has 26 heavy (non-hydrogen) atoms. The summed E-state index contributed by atoms with van der Waals surface area (Å²) in [6.07, 6.45) is 0.587. The van der Waals surface area contributed by atoms with Crippen molar-refractivity contribution in [1.29, 1.82) is 0 Å². The van der Waals surface area contributed by atoms with Gasteiger partial charge in [-0.2, -0.15) is 4.31 Å². The van der Waals surface area contributed by atoms with Gasteiger partial charge in [0.2, 0.25) is 10.0 Å². The Morgan fingerprint density at radius 2 is 2.00 bits per heavy atom. The molecule has 1 fully saturated rings. The minimum Gasteiger partial charge on any atom is -0.392 e. The second-order valence-corrected chi connectivity index (χ2v) is 8.27. The van der Waals surface area contributed by atoms with Gasteiger partial charge in [0.05, 0.1) is 11.0 Å². The average molecular weight is 379 g/mol. The van der Waals surface area contributed by atoms with Crippen LogP contribution in [0.1, 0.15) is 34.7 Å². The predicted molar refractivity (Wildman–Crippen MR) is 94.4 cm³/mol. The molecule has 8 nitrogen and oxygen atoms in total. The number of aryl methyl sites for hydroxylation is 2. The van der Waals surface area contributed by atoms with Crippen molar-refractivity contribution in [2.75, 3.05) is 18.4 Å². The summed E-state index contributed by atoms with van der Waals surface area (Å²) < 4.78 is 31.6. The highest BCUT2D eigenvalue weighted by Gasteiger charge is 2.29. The van der Waals surface area contributed by atoms with Gasteiger partial charge in [-0.25, -0.2) is 8.42 Å². The van der Waals surface area contributed by atoms with E-state index in [-0.39, 0.29) is 17.3 Å². The van der Waals surface area contributed by atoms with Crippen molar-refractivity contribution in [3.8, 4) is 0 Å². The van der Waals surface area contributed by atoms with Crippen molar-refractivity contribution in [1.82, 2.24) is 9.46 Å². The minimum absolute atomic E-state index is 0.0939. The van der Waals surface area contributed by atoms with Crippen LogP contribution in [0.15, 0.2) is 33.7 Å². The Labute approximate surface area is 151 Å². The summed E-state index contributed by atoms with van der Waals surface area (Å²) in [5.41, 5.74) is 1.40. The molecule has 2 aromatic rings. The highest BCUT2D eigenvalue weighted by molar-refractivity contribution is 7.89. The summed E-state index contributed by atoms with van der Waals surface area (Å²) in [7, 11) is -3.68. The fourth-order valence-corrected chi connectivity index (χ4v) is 4.43. The second kappa shape index (κ2) is 7.18. The van der Waals surface area contributed by atoms with Gasteiger partial charge < -0.3 is 14.9 Å². The van der Waals surface area contributed by atoms with Gasteiger partial charge >= 0.3 is 0 Å². The summed E-state index contributed by atoms with van der Waals surface area (Å²) in [4.78, 5) is 12.4. The van der Waals surface area contributed by atoms with Crippen molar-refractivity contribution in [3.05, 3.63) is 41.3 Å². The smallest absolute Gasteiger partial charge is 0.255 e. The molecule has 0 spiro atoms. The number of amides is 1. The van der Waals surface area contributed by atoms with Gasteiger partial charge in [-0.3, -0.25) is 4.79 Å². The van der Waals surface area contributed by atoms with Crippen LogP contribution in [0.25, 0.3) is 0 Å². The van der Waals surface area contributed by atoms with E-state index in [0.29, 0.717) is 42.1 Å². The van der Waals surface area contributed by atoms with E-state index in [4.69, 9.17) is 4.52 Å². The highest BCUT2D eigenvalue weighted by Crippen LogP contribution is 2.23. The monoisotopic (exact) mass is 379 g/mol. The summed E-state index contributed by atoms with van der Waals surface area (Å²) in [6, 6.07) is 5.72. The van der Waals surface area contributed by atoms with Crippen LogP contribution in [0, 0.1) is 13.8 Å². The molecule has 0 aliphatic carbocycles. The summed E-state index contributed by atoms with van der Waals surface area (Å²) in [5, 5.41) is 16.2. The lowest BCUT2D eigenvalue weighted by Gasteiger charge is -2.29. The maximum Gasteiger partial charge on any atom is 0.255 e. The molecule has 1 aliphatic heterocycles. The summed E-state index contributed by atoms with van der Waals surface area (Å²) in [6.45, 7) is 3.89. The van der Waals surface area contributed by atoms with Gasteiger partial charge in [0, 0.05) is 18.7 Å². The van der Waals surface area contributed by atoms with Gasteiger partial charge in [0.25, 0.3) is 5.91 Å². The SMILES string of the molecule is Cc1noc(C)c1NC(=O)c1ccc(S(=O)(=O)N2CCCC(O)C2)cc1. The number of carbonyl (C=O) groups excluding carboxylic acids is 1. The third-order valence-electron chi connectivity index (χ3n) is 4.39. The fourth-order valence-electron chi connectivity index (χ4n) is 2.91. The van der Waals surface area contributed by atoms with Crippen LogP contribution < -0.4 is 5.32 Å². The number of rotatable bonds is 4. The minimum atomic E-state index is -3.68. The molecular formula is C17H21N3O5S. The molecule has 1 saturated heterocycles. The standard InChI is InChI=1S/C17H21N3O5S/c1-11-16(12(2)25-19-11)18-17(22)13-5-7-15(8-6-13)26(23,24)20-9-3-4-14(21)10-20/h5-8,14,21H,3-4,9-10H2,1-2H3,(H,18,22). The Morgan fingerprint density at radius 1 is 1.31 bits per heavy atom. The third kappa shape index (κ3) is 3.64. The number of nitrogens with zero attached hydrogens (tertiary/aromatic N) is 2. The molecule has 3 rings (SSSR count). The van der Waals surface area contributed by atoms with E-state index in [9.17, 15) is 18.3 Å². The molecule has 1 atom stereocenters. The number of anilines is 1. The van der Waals surface area contributed by atoms with Crippen LogP contribution in [-0.4, -0.2) is 48.1 Å². The Balaban J connectivity index is 1.76. The van der Waals surface area contributed by atoms with Crippen molar-refractivity contribution >= 4 is 21.6 Å². The normalized spacial score (nSPS) is 18.7. The number of piperidine rings is 1. The van der Waals surface area contributed by atoms with Gasteiger partial charge in [-0.05, 0) is 51.0 Å². The highest BCUT2D eigenvalue weighted by atomic mass is 32.2. The van der Waals surface area contributed by atoms with E-state index in [1.165, 1.54) is 28.6 Å². The number of hydrogen-bond donors (Lipinski definition) is 2. The molecule has 0 bridgehead atoms. The van der Waals surface area contributed by atoms with E-state index in [0.717, 1.165) is 0 Å². The molecule has 9 heteroatoms. The van der Waals surface area contributed by atoms with Crippen molar-refractivity contribution in [3.63, 3.8) is 0 Å². The Bertz CT molecular complexity index is 885. The molecule has 1 aromatic heterocycles. The van der Waals surface area contributed by atoms with E-state index < -0.39 is 16.1 Å². The van der Waals surface area contributed by atoms with Gasteiger partial charge in [-0.1, -0.05) is 5.16 Å². The van der Waals surface area contributed by atoms with E-state index >= 15 is 0 Å². The molecule has 2 N–H and O–H groups in total. The largest absolute Gasteiger partial charge is 0.392 e. The molecule has 1 amide bonds. The van der Waals surface area contributed by atoms with Crippen LogP contribution in [-0.2, 0) is 10.0 Å². The van der Waals surface area contributed by atoms with Crippen LogP contribution in [0.3, 0.4) is 0 Å². The molecule has 1 aliphatic rings. The second-order valence-electron chi connectivity index (χ2n) is 6.34. The lowest BCUT2D eigenvalue weighted by Crippen LogP contribution is -2.42. The third-order valence-corrected chi connectivity index (χ3v) is 6.26. The summed E-state index contributed by atoms with van der Waals surface area (Å²) >= 11 is 0. The molecular weight excluding hydrogens is 358 g/mol. The average Bonchev–Trinajstić information content (AvgIpc) is 2.94. The molecule has 2 heterocycles. The van der Waals surface area contributed by atoms with E-state index in [1.54, 1.807) is 13.8 Å². The number of sulfonamides is 1. The number of carbonyl (C=O) groups is 1. The lowest BCUT2D eigenvalue weighted by molar-refractivity contribution is 0.102. The van der Waals surface area contributed by atoms with Gasteiger partial charge in [-0.15, -0.1) is 0 Å². The molecule has 1 unspecified atom stereocenters. The van der Waals surface area contributed by atoms with E-state index in [1.807, 2.05) is 0 Å². The topological polar surface area (TPSA) is 113 Å². The van der Waals surface area contributed by atoms with Crippen molar-refractivity contribution in [2.45, 2.75) is 37.7 Å². The number of aromatic nitrogens is 1. The van der Waals surface area contributed by atoms with Gasteiger partial charge in [0.15, 0.2) is 5.76 Å². The Morgan fingerprint density at radius 3 is 2.58 bits per heavy atom. The summed E-state index contributed by atoms with van der Waals surface area (Å²) in [5.74, 6) is 0.121. The number of benzene rings is 1. The fraction of sp³-hybridized carbons (Fsp3) is 0.412. The number of nitrogens with one attached hydrogen (secondary N) is 1. The van der Waals surface area contributed by atoms with Crippen molar-refractivity contribution in [2.24, 2.45) is 0 Å². The first kappa shape index (κ1) is 18.6. The van der Waals surface area contributed by atoms with Crippen LogP contribution in [0.5, 0.6) is 0 Å². The number of aliphatic hydroxyl groups is 1. The zero-order valence-corrected chi connectivity index (χ0v) is 15.4. The first-order chi connectivity index (χ1) is 12.3. The molecule has 140 valence electrons. The van der Waals surface area contributed by atoms with E-state index in [2.05, 4.69) is 10.5 Å².